The first-order valence-electron chi connectivity index (χ1n) is 33.1. The molecule has 0 bridgehead atoms. The molecule has 1 atom stereocenters. The summed E-state index contributed by atoms with van der Waals surface area (Å²) in [5.41, 5.74) is 0. The Morgan fingerprint density at radius 1 is 0.280 bits per heavy atom. The van der Waals surface area contributed by atoms with Gasteiger partial charge in [0.25, 0.3) is 0 Å². The molecule has 0 saturated heterocycles. The van der Waals surface area contributed by atoms with Crippen molar-refractivity contribution in [3.05, 3.63) is 48.6 Å². The van der Waals surface area contributed by atoms with Gasteiger partial charge in [0.1, 0.15) is 13.2 Å². The van der Waals surface area contributed by atoms with Gasteiger partial charge in [-0.3, -0.25) is 14.4 Å². The largest absolute Gasteiger partial charge is 0.462 e. The third kappa shape index (κ3) is 62.1. The van der Waals surface area contributed by atoms with Crippen molar-refractivity contribution in [2.24, 2.45) is 0 Å². The topological polar surface area (TPSA) is 78.9 Å². The first kappa shape index (κ1) is 72.4. The maximum Gasteiger partial charge on any atom is 0.306 e. The lowest BCUT2D eigenvalue weighted by Gasteiger charge is -2.18. The highest BCUT2D eigenvalue weighted by atomic mass is 16.6. The van der Waals surface area contributed by atoms with Crippen LogP contribution in [0.15, 0.2) is 48.6 Å². The molecular weight excluding hydrogens is 925 g/mol. The normalized spacial score (nSPS) is 12.3. The lowest BCUT2D eigenvalue weighted by molar-refractivity contribution is -0.167. The first-order valence-corrected chi connectivity index (χ1v) is 33.1. The van der Waals surface area contributed by atoms with Crippen molar-refractivity contribution in [3.8, 4) is 0 Å². The zero-order chi connectivity index (χ0) is 54.3. The molecule has 0 aliphatic carbocycles. The minimum atomic E-state index is -0.775. The summed E-state index contributed by atoms with van der Waals surface area (Å²) in [5, 5.41) is 0. The SMILES string of the molecule is CC/C=C\C/C=C\C/C=C\CCCCCCCCCC(=O)OC(COC(=O)CCCCCCCCCCC)COC(=O)CCCCCCCCCCCCCCCCCCCCC/C=C\CCCCCCCCCC. The van der Waals surface area contributed by atoms with Crippen molar-refractivity contribution in [1.29, 1.82) is 0 Å². The van der Waals surface area contributed by atoms with Crippen LogP contribution in [0.4, 0.5) is 0 Å². The van der Waals surface area contributed by atoms with Gasteiger partial charge in [0.2, 0.25) is 0 Å². The number of rotatable bonds is 61. The van der Waals surface area contributed by atoms with Gasteiger partial charge in [-0.15, -0.1) is 0 Å². The molecule has 0 amide bonds. The molecule has 0 spiro atoms. The minimum absolute atomic E-state index is 0.0729. The minimum Gasteiger partial charge on any atom is -0.462 e. The molecule has 0 fully saturated rings. The molecule has 0 N–H and O–H groups in total. The first-order chi connectivity index (χ1) is 37.0. The number of allylic oxidation sites excluding steroid dienone is 8. The van der Waals surface area contributed by atoms with E-state index in [1.807, 2.05) is 0 Å². The zero-order valence-corrected chi connectivity index (χ0v) is 50.3. The molecule has 0 rings (SSSR count). The summed E-state index contributed by atoms with van der Waals surface area (Å²) >= 11 is 0. The summed E-state index contributed by atoms with van der Waals surface area (Å²) in [6.07, 6.45) is 80.1. The van der Waals surface area contributed by atoms with Gasteiger partial charge >= 0.3 is 17.9 Å². The summed E-state index contributed by atoms with van der Waals surface area (Å²) in [5.74, 6) is -0.866. The van der Waals surface area contributed by atoms with Crippen LogP contribution in [0, 0.1) is 0 Å². The number of carbonyl (C=O) groups is 3. The highest BCUT2D eigenvalue weighted by molar-refractivity contribution is 5.71. The van der Waals surface area contributed by atoms with Crippen LogP contribution < -0.4 is 0 Å². The van der Waals surface area contributed by atoms with Crippen molar-refractivity contribution >= 4 is 17.9 Å². The van der Waals surface area contributed by atoms with Gasteiger partial charge in [-0.05, 0) is 77.0 Å². The molecule has 0 aliphatic heterocycles. The van der Waals surface area contributed by atoms with Crippen LogP contribution in [0.2, 0.25) is 0 Å². The molecule has 0 aromatic heterocycles. The maximum atomic E-state index is 12.9. The average Bonchev–Trinajstić information content (AvgIpc) is 3.41. The fraction of sp³-hybridized carbons (Fsp3) is 0.841. The van der Waals surface area contributed by atoms with E-state index in [1.165, 1.54) is 231 Å². The third-order valence-electron chi connectivity index (χ3n) is 14.8. The predicted octanol–water partition coefficient (Wildman–Crippen LogP) is 22.6. The average molecular weight is 1050 g/mol. The van der Waals surface area contributed by atoms with Crippen molar-refractivity contribution in [1.82, 2.24) is 0 Å². The van der Waals surface area contributed by atoms with E-state index >= 15 is 0 Å². The second-order valence-corrected chi connectivity index (χ2v) is 22.4. The summed E-state index contributed by atoms with van der Waals surface area (Å²) in [4.78, 5) is 38.2. The van der Waals surface area contributed by atoms with Crippen molar-refractivity contribution in [2.75, 3.05) is 13.2 Å². The highest BCUT2D eigenvalue weighted by Gasteiger charge is 2.19. The van der Waals surface area contributed by atoms with Crippen LogP contribution in [-0.2, 0) is 28.6 Å². The highest BCUT2D eigenvalue weighted by Crippen LogP contribution is 2.18. The van der Waals surface area contributed by atoms with Gasteiger partial charge in [-0.1, -0.05) is 307 Å². The molecule has 1 unspecified atom stereocenters. The summed E-state index contributed by atoms with van der Waals surface area (Å²) in [6, 6.07) is 0. The molecule has 0 aromatic rings. The number of ether oxygens (including phenoxy) is 3. The Kier molecular flexibility index (Phi) is 61.7. The third-order valence-corrected chi connectivity index (χ3v) is 14.8. The zero-order valence-electron chi connectivity index (χ0n) is 50.3. The van der Waals surface area contributed by atoms with Crippen LogP contribution in [0.1, 0.15) is 355 Å². The molecule has 438 valence electrons. The molecule has 6 heteroatoms. The Morgan fingerprint density at radius 3 is 0.827 bits per heavy atom. The summed E-state index contributed by atoms with van der Waals surface area (Å²) in [7, 11) is 0. The van der Waals surface area contributed by atoms with Crippen LogP contribution in [-0.4, -0.2) is 37.2 Å². The Hall–Kier alpha value is -2.63. The Bertz CT molecular complexity index is 1300. The van der Waals surface area contributed by atoms with E-state index in [-0.39, 0.29) is 31.1 Å². The second kappa shape index (κ2) is 63.9. The second-order valence-electron chi connectivity index (χ2n) is 22.4. The molecule has 0 saturated carbocycles. The summed E-state index contributed by atoms with van der Waals surface area (Å²) in [6.45, 7) is 6.55. The molecular formula is C69H126O6. The predicted molar refractivity (Wildman–Crippen MR) is 325 cm³/mol. The fourth-order valence-electron chi connectivity index (χ4n) is 9.87. The Morgan fingerprint density at radius 2 is 0.520 bits per heavy atom. The van der Waals surface area contributed by atoms with Gasteiger partial charge in [-0.25, -0.2) is 0 Å². The van der Waals surface area contributed by atoms with Gasteiger partial charge in [0.05, 0.1) is 0 Å². The van der Waals surface area contributed by atoms with E-state index in [2.05, 4.69) is 69.4 Å². The molecule has 0 radical (unpaired) electrons. The van der Waals surface area contributed by atoms with E-state index < -0.39 is 6.10 Å². The number of unbranched alkanes of at least 4 members (excludes halogenated alkanes) is 42. The summed E-state index contributed by atoms with van der Waals surface area (Å²) < 4.78 is 16.9. The molecule has 0 aliphatic rings. The van der Waals surface area contributed by atoms with Crippen LogP contribution >= 0.6 is 0 Å². The Labute approximate surface area is 467 Å². The molecule has 0 aromatic carbocycles. The van der Waals surface area contributed by atoms with E-state index in [9.17, 15) is 14.4 Å². The van der Waals surface area contributed by atoms with E-state index in [0.29, 0.717) is 19.3 Å². The van der Waals surface area contributed by atoms with Crippen LogP contribution in [0.25, 0.3) is 0 Å². The fourth-order valence-corrected chi connectivity index (χ4v) is 9.87. The molecule has 6 nitrogen and oxygen atoms in total. The van der Waals surface area contributed by atoms with E-state index in [1.54, 1.807) is 0 Å². The molecule has 75 heavy (non-hydrogen) atoms. The van der Waals surface area contributed by atoms with E-state index in [0.717, 1.165) is 83.5 Å². The quantitative estimate of drug-likeness (QED) is 0.0261. The smallest absolute Gasteiger partial charge is 0.306 e. The number of hydrogen-bond acceptors (Lipinski definition) is 6. The van der Waals surface area contributed by atoms with Crippen molar-refractivity contribution in [3.63, 3.8) is 0 Å². The van der Waals surface area contributed by atoms with Gasteiger partial charge in [0, 0.05) is 19.3 Å². The van der Waals surface area contributed by atoms with Crippen LogP contribution in [0.3, 0.4) is 0 Å². The monoisotopic (exact) mass is 1050 g/mol. The van der Waals surface area contributed by atoms with Crippen LogP contribution in [0.5, 0.6) is 0 Å². The number of hydrogen-bond donors (Lipinski definition) is 0. The molecule has 0 heterocycles. The van der Waals surface area contributed by atoms with E-state index in [4.69, 9.17) is 14.2 Å². The van der Waals surface area contributed by atoms with Gasteiger partial charge in [-0.2, -0.15) is 0 Å². The van der Waals surface area contributed by atoms with Crippen molar-refractivity contribution in [2.45, 2.75) is 361 Å². The lowest BCUT2D eigenvalue weighted by atomic mass is 10.0. The Balaban J connectivity index is 4.06. The van der Waals surface area contributed by atoms with Gasteiger partial charge in [0.15, 0.2) is 6.10 Å². The van der Waals surface area contributed by atoms with Crippen molar-refractivity contribution < 1.29 is 28.6 Å². The standard InChI is InChI=1S/C69H126O6/c1-4-7-10-13-16-19-21-23-25-27-28-29-30-31-32-33-34-35-36-37-38-39-40-42-43-45-47-50-53-56-59-62-68(71)74-65-66(64-73-67(70)61-58-55-52-49-18-15-12-9-6-3)75-69(72)63-60-57-54-51-48-46-44-41-26-24-22-20-17-14-11-8-5-2/h8,11,17,20,24,26-28,66H,4-7,9-10,12-16,18-19,21-23,25,29-65H2,1-3H3/b11-8-,20-17-,26-24-,28-27-. The van der Waals surface area contributed by atoms with Gasteiger partial charge < -0.3 is 14.2 Å². The number of carbonyl (C=O) groups excluding carboxylic acids is 3. The maximum absolute atomic E-state index is 12.9. The lowest BCUT2D eigenvalue weighted by Crippen LogP contribution is -2.30. The number of esters is 3.